The van der Waals surface area contributed by atoms with Crippen LogP contribution in [0.1, 0.15) is 62.2 Å². The molecule has 104 valence electrons. The molecule has 0 bridgehead atoms. The zero-order chi connectivity index (χ0) is 14.1. The lowest BCUT2D eigenvalue weighted by Gasteiger charge is -2.02. The van der Waals surface area contributed by atoms with Crippen LogP contribution in [0.5, 0.6) is 0 Å². The van der Waals surface area contributed by atoms with Crippen molar-refractivity contribution in [2.45, 2.75) is 51.9 Å². The molecule has 1 aromatic rings. The fraction of sp³-hybridized carbons (Fsp3) is 0.500. The molecule has 1 aromatic carbocycles. The maximum Gasteiger partial charge on any atom is 0.170 e. The van der Waals surface area contributed by atoms with Crippen LogP contribution in [0.25, 0.3) is 0 Å². The number of Topliss-reactive ketones (excluding diaryl/α,β-unsaturated/α-hetero) is 2. The molecule has 0 aliphatic rings. The van der Waals surface area contributed by atoms with E-state index in [1.54, 1.807) is 24.3 Å². The Hall–Kier alpha value is -1.15. The van der Waals surface area contributed by atoms with Gasteiger partial charge in [-0.25, -0.2) is 0 Å². The number of halogens is 1. The summed E-state index contributed by atoms with van der Waals surface area (Å²) in [7, 11) is 0. The van der Waals surface area contributed by atoms with Crippen LogP contribution < -0.4 is 0 Å². The minimum Gasteiger partial charge on any atom is -0.299 e. The van der Waals surface area contributed by atoms with Gasteiger partial charge in [-0.05, 0) is 30.7 Å². The summed E-state index contributed by atoms with van der Waals surface area (Å²) in [6, 6.07) is 6.67. The average molecular weight is 281 g/mol. The van der Waals surface area contributed by atoms with Gasteiger partial charge in [0.15, 0.2) is 5.78 Å². The normalized spacial score (nSPS) is 10.4. The summed E-state index contributed by atoms with van der Waals surface area (Å²) in [6.45, 7) is 2.16. The molecule has 0 saturated carbocycles. The number of unbranched alkanes of at least 4 members (excludes halogenated alkanes) is 4. The molecule has 0 saturated heterocycles. The second-order valence-corrected chi connectivity index (χ2v) is 5.25. The van der Waals surface area contributed by atoms with E-state index in [0.29, 0.717) is 17.0 Å². The second-order valence-electron chi connectivity index (χ2n) is 4.81. The minimum atomic E-state index is -0.116. The topological polar surface area (TPSA) is 34.1 Å². The minimum absolute atomic E-state index is 0.00934. The first-order valence-electron chi connectivity index (χ1n) is 6.94. The lowest BCUT2D eigenvalue weighted by molar-refractivity contribution is -0.118. The highest BCUT2D eigenvalue weighted by Crippen LogP contribution is 2.12. The zero-order valence-electron chi connectivity index (χ0n) is 11.5. The van der Waals surface area contributed by atoms with Crippen molar-refractivity contribution in [1.29, 1.82) is 0 Å². The lowest BCUT2D eigenvalue weighted by Crippen LogP contribution is -2.08. The molecule has 2 nitrogen and oxygen atoms in total. The van der Waals surface area contributed by atoms with Gasteiger partial charge in [-0.2, -0.15) is 0 Å². The molecule has 3 heteroatoms. The molecule has 0 spiro atoms. The molecular formula is C16H21ClO2. The van der Waals surface area contributed by atoms with Gasteiger partial charge in [0.05, 0.1) is 6.42 Å². The Balaban J connectivity index is 2.28. The summed E-state index contributed by atoms with van der Waals surface area (Å²) >= 11 is 5.75. The predicted molar refractivity (Wildman–Crippen MR) is 78.8 cm³/mol. The summed E-state index contributed by atoms with van der Waals surface area (Å²) in [4.78, 5) is 23.5. The highest BCUT2D eigenvalue weighted by Gasteiger charge is 2.11. The molecule has 0 fully saturated rings. The Morgan fingerprint density at radius 1 is 1.00 bits per heavy atom. The number of carbonyl (C=O) groups is 2. The molecule has 1 rings (SSSR count). The van der Waals surface area contributed by atoms with E-state index in [9.17, 15) is 9.59 Å². The van der Waals surface area contributed by atoms with Crippen LogP contribution in [0, 0.1) is 0 Å². The molecule has 0 unspecified atom stereocenters. The summed E-state index contributed by atoms with van der Waals surface area (Å²) in [5, 5.41) is 0.596. The van der Waals surface area contributed by atoms with Gasteiger partial charge in [-0.3, -0.25) is 9.59 Å². The standard InChI is InChI=1S/C16H21ClO2/c1-2-3-4-5-6-7-15(18)12-16(19)13-8-10-14(17)11-9-13/h8-11H,2-7,12H2,1H3. The maximum atomic E-state index is 11.8. The van der Waals surface area contributed by atoms with Crippen LogP contribution >= 0.6 is 11.6 Å². The van der Waals surface area contributed by atoms with Crippen LogP contribution in [0.4, 0.5) is 0 Å². The summed E-state index contributed by atoms with van der Waals surface area (Å²) in [6.07, 6.45) is 6.09. The first-order chi connectivity index (χ1) is 9.13. The SMILES string of the molecule is CCCCCCCC(=O)CC(=O)c1ccc(Cl)cc1. The van der Waals surface area contributed by atoms with Crippen LogP contribution in [-0.4, -0.2) is 11.6 Å². The highest BCUT2D eigenvalue weighted by atomic mass is 35.5. The van der Waals surface area contributed by atoms with Gasteiger partial charge in [0, 0.05) is 17.0 Å². The number of hydrogen-bond acceptors (Lipinski definition) is 2. The Morgan fingerprint density at radius 3 is 2.26 bits per heavy atom. The third-order valence-corrected chi connectivity index (χ3v) is 3.34. The van der Waals surface area contributed by atoms with E-state index in [1.165, 1.54) is 19.3 Å². The second kappa shape index (κ2) is 8.87. The third kappa shape index (κ3) is 6.53. The quantitative estimate of drug-likeness (QED) is 0.368. The van der Waals surface area contributed by atoms with Crippen LogP contribution in [-0.2, 0) is 4.79 Å². The van der Waals surface area contributed by atoms with Gasteiger partial charge in [-0.15, -0.1) is 0 Å². The molecule has 0 N–H and O–H groups in total. The first kappa shape index (κ1) is 15.9. The molecule has 0 amide bonds. The van der Waals surface area contributed by atoms with Crippen LogP contribution in [0.3, 0.4) is 0 Å². The summed E-state index contributed by atoms with van der Waals surface area (Å²) in [5.41, 5.74) is 0.559. The van der Waals surface area contributed by atoms with E-state index in [0.717, 1.165) is 12.8 Å². The Bertz CT molecular complexity index is 409. The summed E-state index contributed by atoms with van der Waals surface area (Å²) < 4.78 is 0. The predicted octanol–water partition coefficient (Wildman–Crippen LogP) is 4.84. The molecule has 0 atom stereocenters. The van der Waals surface area contributed by atoms with Gasteiger partial charge < -0.3 is 0 Å². The van der Waals surface area contributed by atoms with E-state index < -0.39 is 0 Å². The van der Waals surface area contributed by atoms with Crippen molar-refractivity contribution in [2.24, 2.45) is 0 Å². The maximum absolute atomic E-state index is 11.8. The average Bonchev–Trinajstić information content (AvgIpc) is 2.39. The Morgan fingerprint density at radius 2 is 1.63 bits per heavy atom. The van der Waals surface area contributed by atoms with Crippen LogP contribution in [0.2, 0.25) is 5.02 Å². The van der Waals surface area contributed by atoms with Gasteiger partial charge in [-0.1, -0.05) is 44.2 Å². The number of ketones is 2. The van der Waals surface area contributed by atoms with Crippen molar-refractivity contribution in [3.8, 4) is 0 Å². The molecule has 0 heterocycles. The number of hydrogen-bond donors (Lipinski definition) is 0. The molecule has 19 heavy (non-hydrogen) atoms. The van der Waals surface area contributed by atoms with Crippen LogP contribution in [0.15, 0.2) is 24.3 Å². The van der Waals surface area contributed by atoms with Crippen molar-refractivity contribution in [3.05, 3.63) is 34.9 Å². The van der Waals surface area contributed by atoms with Crippen molar-refractivity contribution in [2.75, 3.05) is 0 Å². The number of benzene rings is 1. The number of carbonyl (C=O) groups excluding carboxylic acids is 2. The molecule has 0 aromatic heterocycles. The fourth-order valence-corrected chi connectivity index (χ4v) is 2.06. The first-order valence-corrected chi connectivity index (χ1v) is 7.31. The Labute approximate surface area is 120 Å². The van der Waals surface area contributed by atoms with Crippen molar-refractivity contribution in [3.63, 3.8) is 0 Å². The van der Waals surface area contributed by atoms with Crippen molar-refractivity contribution < 1.29 is 9.59 Å². The van der Waals surface area contributed by atoms with E-state index in [2.05, 4.69) is 6.92 Å². The van der Waals surface area contributed by atoms with Gasteiger partial charge >= 0.3 is 0 Å². The number of rotatable bonds is 9. The van der Waals surface area contributed by atoms with Gasteiger partial charge in [0.2, 0.25) is 0 Å². The largest absolute Gasteiger partial charge is 0.299 e. The van der Waals surface area contributed by atoms with E-state index in [1.807, 2.05) is 0 Å². The highest BCUT2D eigenvalue weighted by molar-refractivity contribution is 6.30. The van der Waals surface area contributed by atoms with Gasteiger partial charge in [0.25, 0.3) is 0 Å². The van der Waals surface area contributed by atoms with Crippen molar-refractivity contribution in [1.82, 2.24) is 0 Å². The molecule has 0 radical (unpaired) electrons. The zero-order valence-corrected chi connectivity index (χ0v) is 12.2. The monoisotopic (exact) mass is 280 g/mol. The smallest absolute Gasteiger partial charge is 0.170 e. The molecule has 0 aliphatic heterocycles. The molecule has 0 aliphatic carbocycles. The van der Waals surface area contributed by atoms with Crippen molar-refractivity contribution >= 4 is 23.2 Å². The van der Waals surface area contributed by atoms with E-state index in [-0.39, 0.29) is 18.0 Å². The van der Waals surface area contributed by atoms with E-state index >= 15 is 0 Å². The van der Waals surface area contributed by atoms with E-state index in [4.69, 9.17) is 11.6 Å². The fourth-order valence-electron chi connectivity index (χ4n) is 1.93. The molecular weight excluding hydrogens is 260 g/mol. The Kier molecular flexibility index (Phi) is 7.42. The lowest BCUT2D eigenvalue weighted by atomic mass is 10.0. The summed E-state index contributed by atoms with van der Waals surface area (Å²) in [5.74, 6) is -0.0772. The van der Waals surface area contributed by atoms with Gasteiger partial charge in [0.1, 0.15) is 5.78 Å². The third-order valence-electron chi connectivity index (χ3n) is 3.08.